The van der Waals surface area contributed by atoms with E-state index in [1.165, 1.54) is 10.7 Å². The molecule has 0 saturated heterocycles. The second-order valence-corrected chi connectivity index (χ2v) is 5.49. The summed E-state index contributed by atoms with van der Waals surface area (Å²) in [7, 11) is 1.70. The Bertz CT molecular complexity index is 658. The zero-order valence-electron chi connectivity index (χ0n) is 12.0. The quantitative estimate of drug-likeness (QED) is 0.827. The van der Waals surface area contributed by atoms with Gasteiger partial charge in [-0.05, 0) is 25.6 Å². The van der Waals surface area contributed by atoms with E-state index in [0.29, 0.717) is 16.9 Å². The summed E-state index contributed by atoms with van der Waals surface area (Å²) in [6, 6.07) is 2.44. The van der Waals surface area contributed by atoms with E-state index < -0.39 is 11.6 Å². The number of ether oxygens (including phenoxy) is 1. The second kappa shape index (κ2) is 6.53. The fraction of sp³-hybridized carbons (Fsp3) is 0.357. The van der Waals surface area contributed by atoms with E-state index in [9.17, 15) is 8.78 Å². The van der Waals surface area contributed by atoms with E-state index in [2.05, 4.69) is 26.3 Å². The molecule has 114 valence electrons. The summed E-state index contributed by atoms with van der Waals surface area (Å²) < 4.78 is 34.7. The van der Waals surface area contributed by atoms with Crippen LogP contribution < -0.4 is 10.1 Å². The molecule has 0 atom stereocenters. The van der Waals surface area contributed by atoms with E-state index in [4.69, 9.17) is 4.74 Å². The largest absolute Gasteiger partial charge is 0.436 e. The molecule has 0 unspecified atom stereocenters. The molecule has 0 spiro atoms. The highest BCUT2D eigenvalue weighted by Gasteiger charge is 2.18. The summed E-state index contributed by atoms with van der Waals surface area (Å²) in [6.45, 7) is 5.16. The van der Waals surface area contributed by atoms with E-state index in [0.717, 1.165) is 23.9 Å². The standard InChI is InChI=1S/C14H16BrF2N3O/c1-4-18-7-10-8(2)19-20(3)14(10)21-12-6-9(15)5-11(16)13(12)17/h5-6,18H,4,7H2,1-3H3. The Labute approximate surface area is 130 Å². The number of nitrogens with one attached hydrogen (secondary N) is 1. The average molecular weight is 360 g/mol. The van der Waals surface area contributed by atoms with E-state index in [1.54, 1.807) is 7.05 Å². The first kappa shape index (κ1) is 15.9. The lowest BCUT2D eigenvalue weighted by Crippen LogP contribution is -2.13. The minimum Gasteiger partial charge on any atom is -0.436 e. The normalized spacial score (nSPS) is 11.0. The van der Waals surface area contributed by atoms with E-state index in [-0.39, 0.29) is 5.75 Å². The Morgan fingerprint density at radius 3 is 2.76 bits per heavy atom. The minimum absolute atomic E-state index is 0.178. The summed E-state index contributed by atoms with van der Waals surface area (Å²) in [4.78, 5) is 0. The first-order valence-corrected chi connectivity index (χ1v) is 7.29. The molecule has 0 saturated carbocycles. The molecule has 1 aromatic carbocycles. The van der Waals surface area contributed by atoms with Crippen LogP contribution in [-0.4, -0.2) is 16.3 Å². The van der Waals surface area contributed by atoms with Crippen molar-refractivity contribution in [2.45, 2.75) is 20.4 Å². The van der Waals surface area contributed by atoms with E-state index >= 15 is 0 Å². The smallest absolute Gasteiger partial charge is 0.222 e. The lowest BCUT2D eigenvalue weighted by molar-refractivity contribution is 0.383. The van der Waals surface area contributed by atoms with Gasteiger partial charge in [0.2, 0.25) is 11.7 Å². The topological polar surface area (TPSA) is 39.1 Å². The maximum absolute atomic E-state index is 13.8. The van der Waals surface area contributed by atoms with Crippen LogP contribution in [0.2, 0.25) is 0 Å². The summed E-state index contributed by atoms with van der Waals surface area (Å²) >= 11 is 3.12. The number of hydrogen-bond donors (Lipinski definition) is 1. The molecule has 21 heavy (non-hydrogen) atoms. The van der Waals surface area contributed by atoms with Gasteiger partial charge in [-0.1, -0.05) is 22.9 Å². The fourth-order valence-corrected chi connectivity index (χ4v) is 2.38. The molecule has 0 amide bonds. The lowest BCUT2D eigenvalue weighted by Gasteiger charge is -2.10. The van der Waals surface area contributed by atoms with Gasteiger partial charge in [0.1, 0.15) is 0 Å². The van der Waals surface area contributed by atoms with Crippen molar-refractivity contribution in [2.75, 3.05) is 6.54 Å². The molecule has 7 heteroatoms. The summed E-state index contributed by atoms with van der Waals surface area (Å²) in [5, 5.41) is 7.43. The van der Waals surface area contributed by atoms with Gasteiger partial charge >= 0.3 is 0 Å². The Morgan fingerprint density at radius 2 is 2.10 bits per heavy atom. The van der Waals surface area contributed by atoms with Crippen molar-refractivity contribution >= 4 is 15.9 Å². The maximum atomic E-state index is 13.8. The molecule has 1 N–H and O–H groups in total. The van der Waals surface area contributed by atoms with Crippen molar-refractivity contribution in [1.29, 1.82) is 0 Å². The zero-order valence-corrected chi connectivity index (χ0v) is 13.6. The molecule has 2 rings (SSSR count). The molecule has 0 bridgehead atoms. The van der Waals surface area contributed by atoms with Gasteiger partial charge in [0.05, 0.1) is 11.3 Å². The Kier molecular flexibility index (Phi) is 4.95. The third-order valence-corrected chi connectivity index (χ3v) is 3.46. The van der Waals surface area contributed by atoms with Gasteiger partial charge in [0.15, 0.2) is 11.6 Å². The molecule has 2 aromatic rings. The molecule has 1 aromatic heterocycles. The van der Waals surface area contributed by atoms with Crippen molar-refractivity contribution < 1.29 is 13.5 Å². The molecular weight excluding hydrogens is 344 g/mol. The summed E-state index contributed by atoms with van der Waals surface area (Å²) in [5.41, 5.74) is 1.60. The van der Waals surface area contributed by atoms with Gasteiger partial charge in [-0.3, -0.25) is 0 Å². The van der Waals surface area contributed by atoms with Crippen LogP contribution >= 0.6 is 15.9 Å². The lowest BCUT2D eigenvalue weighted by atomic mass is 10.2. The Hall–Kier alpha value is -1.47. The number of nitrogens with zero attached hydrogens (tertiary/aromatic N) is 2. The maximum Gasteiger partial charge on any atom is 0.222 e. The van der Waals surface area contributed by atoms with Gasteiger partial charge in [-0.2, -0.15) is 9.49 Å². The van der Waals surface area contributed by atoms with Crippen LogP contribution in [0, 0.1) is 18.6 Å². The highest BCUT2D eigenvalue weighted by molar-refractivity contribution is 9.10. The monoisotopic (exact) mass is 359 g/mol. The number of rotatable bonds is 5. The van der Waals surface area contributed by atoms with Gasteiger partial charge in [0, 0.05) is 18.1 Å². The molecule has 0 aliphatic heterocycles. The predicted molar refractivity (Wildman–Crippen MR) is 79.5 cm³/mol. The van der Waals surface area contributed by atoms with Crippen molar-refractivity contribution in [1.82, 2.24) is 15.1 Å². The molecule has 0 aliphatic carbocycles. The molecule has 4 nitrogen and oxygen atoms in total. The molecule has 0 aliphatic rings. The van der Waals surface area contributed by atoms with Crippen LogP contribution in [0.4, 0.5) is 8.78 Å². The number of aryl methyl sites for hydroxylation is 2. The third-order valence-electron chi connectivity index (χ3n) is 3.01. The van der Waals surface area contributed by atoms with Gasteiger partial charge in [-0.25, -0.2) is 9.07 Å². The van der Waals surface area contributed by atoms with Crippen LogP contribution in [0.15, 0.2) is 16.6 Å². The van der Waals surface area contributed by atoms with Gasteiger partial charge in [0.25, 0.3) is 0 Å². The van der Waals surface area contributed by atoms with Crippen molar-refractivity contribution in [3.05, 3.63) is 39.5 Å². The van der Waals surface area contributed by atoms with Crippen LogP contribution in [0.5, 0.6) is 11.6 Å². The van der Waals surface area contributed by atoms with Gasteiger partial charge in [-0.15, -0.1) is 0 Å². The average Bonchev–Trinajstić information content (AvgIpc) is 2.67. The number of aromatic nitrogens is 2. The van der Waals surface area contributed by atoms with Crippen LogP contribution in [0.1, 0.15) is 18.2 Å². The second-order valence-electron chi connectivity index (χ2n) is 4.57. The van der Waals surface area contributed by atoms with Gasteiger partial charge < -0.3 is 10.1 Å². The van der Waals surface area contributed by atoms with Crippen molar-refractivity contribution in [3.63, 3.8) is 0 Å². The third kappa shape index (κ3) is 3.41. The molecular formula is C14H16BrF2N3O. The number of halogens is 3. The molecule has 0 fully saturated rings. The first-order valence-electron chi connectivity index (χ1n) is 6.49. The highest BCUT2D eigenvalue weighted by Crippen LogP contribution is 2.32. The van der Waals surface area contributed by atoms with Crippen LogP contribution in [0.25, 0.3) is 0 Å². The zero-order chi connectivity index (χ0) is 15.6. The minimum atomic E-state index is -1.02. The van der Waals surface area contributed by atoms with Crippen molar-refractivity contribution in [2.24, 2.45) is 7.05 Å². The summed E-state index contributed by atoms with van der Waals surface area (Å²) in [5.74, 6) is -1.77. The Morgan fingerprint density at radius 1 is 1.38 bits per heavy atom. The highest BCUT2D eigenvalue weighted by atomic mass is 79.9. The molecule has 0 radical (unpaired) electrons. The molecule has 1 heterocycles. The van der Waals surface area contributed by atoms with E-state index in [1.807, 2.05) is 13.8 Å². The van der Waals surface area contributed by atoms with Crippen molar-refractivity contribution in [3.8, 4) is 11.6 Å². The summed E-state index contributed by atoms with van der Waals surface area (Å²) in [6.07, 6.45) is 0. The number of hydrogen-bond acceptors (Lipinski definition) is 3. The predicted octanol–water partition coefficient (Wildman–Crippen LogP) is 3.67. The number of benzene rings is 1. The fourth-order valence-electron chi connectivity index (χ4n) is 1.97. The Balaban J connectivity index is 2.40. The SMILES string of the molecule is CCNCc1c(C)nn(C)c1Oc1cc(Br)cc(F)c1F. The van der Waals surface area contributed by atoms with Crippen LogP contribution in [-0.2, 0) is 13.6 Å². The van der Waals surface area contributed by atoms with Crippen LogP contribution in [0.3, 0.4) is 0 Å². The first-order chi connectivity index (χ1) is 9.93.